The Balaban J connectivity index is 2.11. The van der Waals surface area contributed by atoms with Crippen LogP contribution in [0.1, 0.15) is 11.5 Å². The van der Waals surface area contributed by atoms with Crippen LogP contribution in [0.2, 0.25) is 5.02 Å². The van der Waals surface area contributed by atoms with Crippen molar-refractivity contribution < 1.29 is 13.2 Å². The summed E-state index contributed by atoms with van der Waals surface area (Å²) in [5.41, 5.74) is -0.991. The van der Waals surface area contributed by atoms with Crippen LogP contribution in [0, 0.1) is 16.7 Å². The van der Waals surface area contributed by atoms with Gasteiger partial charge in [0.15, 0.2) is 9.84 Å². The zero-order valence-corrected chi connectivity index (χ0v) is 13.5. The Morgan fingerprint density at radius 2 is 1.83 bits per heavy atom. The third-order valence-corrected chi connectivity index (χ3v) is 6.68. The van der Waals surface area contributed by atoms with Crippen molar-refractivity contribution in [3.63, 3.8) is 0 Å². The number of hydrogen-bond acceptors (Lipinski definition) is 4. The van der Waals surface area contributed by atoms with Gasteiger partial charge >= 0.3 is 0 Å². The average molecular weight is 346 g/mol. The summed E-state index contributed by atoms with van der Waals surface area (Å²) in [4.78, 5) is 11.7. The number of aldehydes is 1. The van der Waals surface area contributed by atoms with E-state index in [9.17, 15) is 18.5 Å². The summed E-state index contributed by atoms with van der Waals surface area (Å²) in [5.74, 6) is -0.714. The maximum absolute atomic E-state index is 12.9. The molecule has 0 spiro atoms. The molecular weight excluding hydrogens is 334 g/mol. The van der Waals surface area contributed by atoms with Gasteiger partial charge in [-0.15, -0.1) is 0 Å². The predicted octanol–water partition coefficient (Wildman–Crippen LogP) is 2.99. The molecule has 116 valence electrons. The number of halogens is 1. The maximum atomic E-state index is 12.9. The largest absolute Gasteiger partial charge is 0.302 e. The van der Waals surface area contributed by atoms with Gasteiger partial charge in [-0.05, 0) is 29.8 Å². The Morgan fingerprint density at radius 1 is 1.13 bits per heavy atom. The molecule has 3 atom stereocenters. The molecule has 23 heavy (non-hydrogen) atoms. The Morgan fingerprint density at radius 3 is 2.39 bits per heavy atom. The Bertz CT molecular complexity index is 905. The minimum absolute atomic E-state index is 0.107. The molecule has 1 aliphatic rings. The van der Waals surface area contributed by atoms with Gasteiger partial charge in [0, 0.05) is 10.9 Å². The van der Waals surface area contributed by atoms with E-state index in [0.29, 0.717) is 16.9 Å². The molecule has 6 heteroatoms. The second-order valence-electron chi connectivity index (χ2n) is 5.47. The van der Waals surface area contributed by atoms with E-state index in [4.69, 9.17) is 11.6 Å². The van der Waals surface area contributed by atoms with Crippen molar-refractivity contribution in [3.8, 4) is 6.07 Å². The van der Waals surface area contributed by atoms with Crippen LogP contribution in [0.15, 0.2) is 59.5 Å². The summed E-state index contributed by atoms with van der Waals surface area (Å²) in [6.45, 7) is 0. The Hall–Kier alpha value is -2.16. The molecule has 0 unspecified atom stereocenters. The highest BCUT2D eigenvalue weighted by molar-refractivity contribution is 7.92. The van der Waals surface area contributed by atoms with Gasteiger partial charge in [-0.3, -0.25) is 0 Å². The molecule has 0 bridgehead atoms. The number of carbonyl (C=O) groups excluding carboxylic acids is 1. The third kappa shape index (κ3) is 2.35. The lowest BCUT2D eigenvalue weighted by atomic mass is 10.0. The fraction of sp³-hybridized carbons (Fsp3) is 0.176. The van der Waals surface area contributed by atoms with Crippen LogP contribution in [0.3, 0.4) is 0 Å². The minimum atomic E-state index is -3.80. The monoisotopic (exact) mass is 345 g/mol. The van der Waals surface area contributed by atoms with Gasteiger partial charge in [0.05, 0.1) is 11.0 Å². The van der Waals surface area contributed by atoms with E-state index >= 15 is 0 Å². The molecule has 0 aromatic heterocycles. The molecule has 0 amide bonds. The minimum Gasteiger partial charge on any atom is -0.302 e. The van der Waals surface area contributed by atoms with Crippen LogP contribution in [0.5, 0.6) is 0 Å². The summed E-state index contributed by atoms with van der Waals surface area (Å²) in [7, 11) is -3.80. The van der Waals surface area contributed by atoms with E-state index in [0.717, 1.165) is 0 Å². The highest BCUT2D eigenvalue weighted by Crippen LogP contribution is 2.62. The molecule has 0 aliphatic heterocycles. The van der Waals surface area contributed by atoms with E-state index in [1.165, 1.54) is 12.1 Å². The summed E-state index contributed by atoms with van der Waals surface area (Å²) >= 11 is 5.95. The molecule has 0 heterocycles. The van der Waals surface area contributed by atoms with Gasteiger partial charge in [-0.1, -0.05) is 41.9 Å². The third-order valence-electron chi connectivity index (χ3n) is 4.18. The van der Waals surface area contributed by atoms with Gasteiger partial charge in [0.2, 0.25) is 0 Å². The molecule has 0 saturated heterocycles. The highest BCUT2D eigenvalue weighted by atomic mass is 35.5. The van der Waals surface area contributed by atoms with Gasteiger partial charge < -0.3 is 4.79 Å². The standard InChI is InChI=1S/C17H12ClNO3S/c18-13-6-4-5-12(9-13)15-16(17(15,10-19)11-20)23(21,22)14-7-2-1-3-8-14/h1-9,11,15-16H/t15-,16+,17-/m1/s1. The van der Waals surface area contributed by atoms with E-state index in [1.807, 2.05) is 6.07 Å². The Labute approximate surface area is 139 Å². The first kappa shape index (κ1) is 15.7. The van der Waals surface area contributed by atoms with Crippen LogP contribution >= 0.6 is 11.6 Å². The first-order valence-electron chi connectivity index (χ1n) is 6.89. The van der Waals surface area contributed by atoms with Crippen molar-refractivity contribution >= 4 is 27.7 Å². The second kappa shape index (κ2) is 5.48. The molecule has 1 fully saturated rings. The first-order chi connectivity index (χ1) is 11.0. The highest BCUT2D eigenvalue weighted by Gasteiger charge is 2.72. The number of benzene rings is 2. The lowest BCUT2D eigenvalue weighted by Crippen LogP contribution is -2.16. The topological polar surface area (TPSA) is 75.0 Å². The van der Waals surface area contributed by atoms with Crippen molar-refractivity contribution in [1.82, 2.24) is 0 Å². The summed E-state index contributed by atoms with van der Waals surface area (Å²) in [6.07, 6.45) is 0.448. The molecule has 0 N–H and O–H groups in total. The summed E-state index contributed by atoms with van der Waals surface area (Å²) in [5, 5.41) is 8.79. The fourth-order valence-electron chi connectivity index (χ4n) is 3.02. The zero-order chi connectivity index (χ0) is 16.7. The van der Waals surface area contributed by atoms with Crippen molar-refractivity contribution in [2.24, 2.45) is 5.41 Å². The number of nitriles is 1. The van der Waals surface area contributed by atoms with E-state index in [1.54, 1.807) is 42.5 Å². The lowest BCUT2D eigenvalue weighted by Gasteiger charge is -2.04. The quantitative estimate of drug-likeness (QED) is 0.798. The van der Waals surface area contributed by atoms with Crippen LogP contribution in [-0.4, -0.2) is 20.0 Å². The average Bonchev–Trinajstić information content (AvgIpc) is 3.26. The first-order valence-corrected chi connectivity index (χ1v) is 8.82. The van der Waals surface area contributed by atoms with Crippen molar-refractivity contribution in [3.05, 3.63) is 65.2 Å². The molecule has 1 saturated carbocycles. The molecule has 2 aromatic carbocycles. The Kier molecular flexibility index (Phi) is 3.75. The van der Waals surface area contributed by atoms with Crippen LogP contribution in [0.4, 0.5) is 0 Å². The number of sulfone groups is 1. The molecule has 4 nitrogen and oxygen atoms in total. The van der Waals surface area contributed by atoms with E-state index in [2.05, 4.69) is 0 Å². The van der Waals surface area contributed by atoms with Crippen molar-refractivity contribution in [1.29, 1.82) is 5.26 Å². The zero-order valence-electron chi connectivity index (χ0n) is 11.9. The van der Waals surface area contributed by atoms with Crippen LogP contribution < -0.4 is 0 Å². The van der Waals surface area contributed by atoms with Crippen molar-refractivity contribution in [2.75, 3.05) is 0 Å². The molecule has 0 radical (unpaired) electrons. The smallest absolute Gasteiger partial charge is 0.183 e. The van der Waals surface area contributed by atoms with E-state index in [-0.39, 0.29) is 4.90 Å². The fourth-order valence-corrected chi connectivity index (χ4v) is 5.48. The van der Waals surface area contributed by atoms with Gasteiger partial charge in [0.25, 0.3) is 0 Å². The summed E-state index contributed by atoms with van der Waals surface area (Å²) in [6, 6.07) is 16.4. The lowest BCUT2D eigenvalue weighted by molar-refractivity contribution is -0.110. The second-order valence-corrected chi connectivity index (χ2v) is 7.98. The van der Waals surface area contributed by atoms with Crippen molar-refractivity contribution in [2.45, 2.75) is 16.1 Å². The molecule has 2 aromatic rings. The SMILES string of the molecule is N#C[C@@]1(C=O)[C@H](c2cccc(Cl)c2)[C@@H]1S(=O)(=O)c1ccccc1. The number of carbonyl (C=O) groups is 1. The van der Waals surface area contributed by atoms with Crippen LogP contribution in [0.25, 0.3) is 0 Å². The van der Waals surface area contributed by atoms with Gasteiger partial charge in [0.1, 0.15) is 17.0 Å². The van der Waals surface area contributed by atoms with Crippen LogP contribution in [-0.2, 0) is 14.6 Å². The molecule has 3 rings (SSSR count). The predicted molar refractivity (Wildman–Crippen MR) is 85.7 cm³/mol. The summed E-state index contributed by atoms with van der Waals surface area (Å²) < 4.78 is 25.7. The van der Waals surface area contributed by atoms with Gasteiger partial charge in [-0.25, -0.2) is 8.42 Å². The normalized spacial score (nSPS) is 26.3. The molecular formula is C17H12ClNO3S. The molecule has 1 aliphatic carbocycles. The maximum Gasteiger partial charge on any atom is 0.183 e. The number of rotatable bonds is 4. The van der Waals surface area contributed by atoms with E-state index < -0.39 is 26.4 Å². The number of hydrogen-bond donors (Lipinski definition) is 0. The number of nitrogens with zero attached hydrogens (tertiary/aromatic N) is 1. The van der Waals surface area contributed by atoms with Gasteiger partial charge in [-0.2, -0.15) is 5.26 Å².